The van der Waals surface area contributed by atoms with Crippen LogP contribution in [0.25, 0.3) is 10.8 Å². The van der Waals surface area contributed by atoms with Gasteiger partial charge in [-0.25, -0.2) is 4.79 Å². The van der Waals surface area contributed by atoms with Crippen molar-refractivity contribution in [1.29, 1.82) is 0 Å². The summed E-state index contributed by atoms with van der Waals surface area (Å²) in [6, 6.07) is 25.1. The van der Waals surface area contributed by atoms with E-state index in [1.807, 2.05) is 61.5 Å². The Hall–Kier alpha value is -5.09. The number of nitrogens with one attached hydrogen (secondary N) is 1. The molecule has 246 valence electrons. The summed E-state index contributed by atoms with van der Waals surface area (Å²) in [6.45, 7) is 7.60. The number of esters is 1. The van der Waals surface area contributed by atoms with E-state index in [0.717, 1.165) is 21.9 Å². The maximum atomic E-state index is 13.9. The van der Waals surface area contributed by atoms with Gasteiger partial charge in [0.2, 0.25) is 5.91 Å². The zero-order chi connectivity index (χ0) is 34.2. The summed E-state index contributed by atoms with van der Waals surface area (Å²) >= 11 is 0. The molecule has 0 unspecified atom stereocenters. The number of nitrogens with zero attached hydrogens (tertiary/aromatic N) is 2. The molecule has 0 spiro atoms. The highest BCUT2D eigenvalue weighted by molar-refractivity contribution is 6.18. The maximum absolute atomic E-state index is 13.9. The number of amides is 2. The lowest BCUT2D eigenvalue weighted by molar-refractivity contribution is -0.141. The Kier molecular flexibility index (Phi) is 11.1. The molecule has 10 nitrogen and oxygen atoms in total. The molecule has 2 amide bonds. The monoisotopic (exact) mass is 638 g/mol. The van der Waals surface area contributed by atoms with Gasteiger partial charge in [0.1, 0.15) is 5.60 Å². The number of pyridine rings is 1. The number of nitrogens with two attached hydrogens (primary N) is 1. The van der Waals surface area contributed by atoms with Crippen molar-refractivity contribution in [2.24, 2.45) is 5.73 Å². The largest absolute Gasteiger partial charge is 0.469 e. The standard InChI is InChI=1S/C37H42N4O6/c1-25(30-15-10-12-27-11-6-7-14-31(27)30)40-34(44)37(38,21-20-32(42)46-5)33(43)28-18-16-26(17-19-28)23-41(35(45)47-36(2,3)4)24-29-13-8-9-22-39-29/h6-19,22,25H,20-21,23-24,38H2,1-5H3,(H,40,44)/t25-,37+/m0/s1. The van der Waals surface area contributed by atoms with Crippen molar-refractivity contribution in [2.75, 3.05) is 7.11 Å². The van der Waals surface area contributed by atoms with Gasteiger partial charge < -0.3 is 20.5 Å². The quantitative estimate of drug-likeness (QED) is 0.111. The van der Waals surface area contributed by atoms with Crippen molar-refractivity contribution in [1.82, 2.24) is 15.2 Å². The molecule has 0 saturated carbocycles. The molecule has 0 aliphatic carbocycles. The number of fused-ring (bicyclic) bond motifs is 1. The summed E-state index contributed by atoms with van der Waals surface area (Å²) in [7, 11) is 1.23. The zero-order valence-electron chi connectivity index (χ0n) is 27.5. The Morgan fingerprint density at radius 2 is 1.57 bits per heavy atom. The van der Waals surface area contributed by atoms with Gasteiger partial charge in [-0.05, 0) is 68.1 Å². The first-order valence-electron chi connectivity index (χ1n) is 15.5. The average molecular weight is 639 g/mol. The third-order valence-electron chi connectivity index (χ3n) is 7.72. The normalized spacial score (nSPS) is 13.2. The van der Waals surface area contributed by atoms with Crippen LogP contribution < -0.4 is 11.1 Å². The number of hydrogen-bond acceptors (Lipinski definition) is 8. The van der Waals surface area contributed by atoms with Crippen LogP contribution in [-0.4, -0.2) is 51.9 Å². The molecule has 3 aromatic carbocycles. The molecule has 10 heteroatoms. The highest BCUT2D eigenvalue weighted by Gasteiger charge is 2.43. The summed E-state index contributed by atoms with van der Waals surface area (Å²) in [5.74, 6) is -1.94. The first-order chi connectivity index (χ1) is 22.3. The van der Waals surface area contributed by atoms with Crippen LogP contribution >= 0.6 is 0 Å². The van der Waals surface area contributed by atoms with Crippen molar-refractivity contribution in [2.45, 2.75) is 70.8 Å². The van der Waals surface area contributed by atoms with E-state index in [0.29, 0.717) is 5.69 Å². The Labute approximate surface area is 275 Å². The smallest absolute Gasteiger partial charge is 0.410 e. The predicted molar refractivity (Wildman–Crippen MR) is 179 cm³/mol. The Morgan fingerprint density at radius 3 is 2.23 bits per heavy atom. The van der Waals surface area contributed by atoms with E-state index >= 15 is 0 Å². The van der Waals surface area contributed by atoms with Gasteiger partial charge in [-0.1, -0.05) is 72.8 Å². The van der Waals surface area contributed by atoms with Crippen LogP contribution in [0, 0.1) is 0 Å². The van der Waals surface area contributed by atoms with Gasteiger partial charge >= 0.3 is 12.1 Å². The first-order valence-corrected chi connectivity index (χ1v) is 15.5. The van der Waals surface area contributed by atoms with E-state index in [-0.39, 0.29) is 31.5 Å². The number of ketones is 1. The first kappa shape index (κ1) is 34.8. The number of hydrogen-bond donors (Lipinski definition) is 2. The summed E-state index contributed by atoms with van der Waals surface area (Å²) in [5.41, 5.74) is 6.31. The molecule has 4 aromatic rings. The van der Waals surface area contributed by atoms with Crippen molar-refractivity contribution in [3.8, 4) is 0 Å². The number of carbonyl (C=O) groups excluding carboxylic acids is 4. The molecule has 0 aliphatic rings. The lowest BCUT2D eigenvalue weighted by Gasteiger charge is -2.29. The van der Waals surface area contributed by atoms with Gasteiger partial charge in [0.25, 0.3) is 0 Å². The molecule has 0 radical (unpaired) electrons. The number of benzene rings is 3. The predicted octanol–water partition coefficient (Wildman–Crippen LogP) is 5.88. The molecule has 0 aliphatic heterocycles. The topological polar surface area (TPSA) is 141 Å². The fourth-order valence-corrected chi connectivity index (χ4v) is 5.20. The molecular weight excluding hydrogens is 596 g/mol. The summed E-state index contributed by atoms with van der Waals surface area (Å²) in [6.07, 6.45) is 0.654. The average Bonchev–Trinajstić information content (AvgIpc) is 3.06. The molecule has 1 heterocycles. The fraction of sp³-hybridized carbons (Fsp3) is 0.324. The Morgan fingerprint density at radius 1 is 0.894 bits per heavy atom. The second-order valence-corrected chi connectivity index (χ2v) is 12.5. The summed E-state index contributed by atoms with van der Waals surface area (Å²) in [5, 5.41) is 4.89. The van der Waals surface area contributed by atoms with Crippen molar-refractivity contribution in [3.63, 3.8) is 0 Å². The summed E-state index contributed by atoms with van der Waals surface area (Å²) < 4.78 is 10.4. The zero-order valence-corrected chi connectivity index (χ0v) is 27.5. The molecule has 1 aromatic heterocycles. The van der Waals surface area contributed by atoms with Crippen LogP contribution in [0.15, 0.2) is 91.1 Å². The highest BCUT2D eigenvalue weighted by atomic mass is 16.6. The molecular formula is C37H42N4O6. The molecule has 0 fully saturated rings. The minimum atomic E-state index is -2.06. The number of rotatable bonds is 12. The van der Waals surface area contributed by atoms with Gasteiger partial charge in [-0.3, -0.25) is 24.3 Å². The van der Waals surface area contributed by atoms with Gasteiger partial charge in [0.05, 0.1) is 25.4 Å². The van der Waals surface area contributed by atoms with E-state index < -0.39 is 40.9 Å². The van der Waals surface area contributed by atoms with Gasteiger partial charge in [0.15, 0.2) is 11.3 Å². The number of carbonyl (C=O) groups is 4. The number of ether oxygens (including phenoxy) is 2. The van der Waals surface area contributed by atoms with Gasteiger partial charge in [-0.2, -0.15) is 0 Å². The third kappa shape index (κ3) is 9.01. The second-order valence-electron chi connectivity index (χ2n) is 12.5. The Balaban J connectivity index is 1.57. The Bertz CT molecular complexity index is 1710. The number of Topliss-reactive ketones (excluding diaryl/α,β-unsaturated/α-hetero) is 1. The number of methoxy groups -OCH3 is 1. The van der Waals surface area contributed by atoms with E-state index in [2.05, 4.69) is 10.3 Å². The van der Waals surface area contributed by atoms with Crippen LogP contribution in [0.4, 0.5) is 4.79 Å². The van der Waals surface area contributed by atoms with E-state index in [4.69, 9.17) is 15.2 Å². The van der Waals surface area contributed by atoms with E-state index in [1.54, 1.807) is 57.3 Å². The minimum Gasteiger partial charge on any atom is -0.469 e. The third-order valence-corrected chi connectivity index (χ3v) is 7.72. The SMILES string of the molecule is COC(=O)CC[C@](N)(C(=O)N[C@@H](C)c1cccc2ccccc12)C(=O)c1ccc(CN(Cc2ccccn2)C(=O)OC(C)(C)C)cc1. The molecule has 3 N–H and O–H groups in total. The number of aromatic nitrogens is 1. The van der Waals surface area contributed by atoms with Crippen LogP contribution in [0.3, 0.4) is 0 Å². The lowest BCUT2D eigenvalue weighted by atomic mass is 9.84. The molecule has 2 atom stereocenters. The summed E-state index contributed by atoms with van der Waals surface area (Å²) in [4.78, 5) is 58.8. The van der Waals surface area contributed by atoms with Gasteiger partial charge in [0, 0.05) is 24.7 Å². The molecule has 0 saturated heterocycles. The fourth-order valence-electron chi connectivity index (χ4n) is 5.20. The second kappa shape index (κ2) is 15.0. The van der Waals surface area contributed by atoms with E-state index in [9.17, 15) is 19.2 Å². The lowest BCUT2D eigenvalue weighted by Crippen LogP contribution is -2.60. The van der Waals surface area contributed by atoms with Crippen LogP contribution in [0.5, 0.6) is 0 Å². The van der Waals surface area contributed by atoms with Crippen molar-refractivity contribution in [3.05, 3.63) is 114 Å². The van der Waals surface area contributed by atoms with Crippen molar-refractivity contribution >= 4 is 34.5 Å². The van der Waals surface area contributed by atoms with Crippen LogP contribution in [-0.2, 0) is 32.2 Å². The highest BCUT2D eigenvalue weighted by Crippen LogP contribution is 2.26. The molecule has 4 rings (SSSR count). The van der Waals surface area contributed by atoms with Crippen LogP contribution in [0.2, 0.25) is 0 Å². The van der Waals surface area contributed by atoms with Crippen molar-refractivity contribution < 1.29 is 28.7 Å². The van der Waals surface area contributed by atoms with Gasteiger partial charge in [-0.15, -0.1) is 0 Å². The maximum Gasteiger partial charge on any atom is 0.410 e. The molecule has 0 bridgehead atoms. The van der Waals surface area contributed by atoms with Crippen LogP contribution in [0.1, 0.15) is 73.8 Å². The van der Waals surface area contributed by atoms with E-state index in [1.165, 1.54) is 12.0 Å². The minimum absolute atomic E-state index is 0.180. The molecule has 47 heavy (non-hydrogen) atoms.